The molecule has 1 aromatic rings. The quantitative estimate of drug-likeness (QED) is 0.876. The lowest BCUT2D eigenvalue weighted by molar-refractivity contribution is 0.128. The Bertz CT molecular complexity index is 377. The molecule has 0 saturated carbocycles. The lowest BCUT2D eigenvalue weighted by Crippen LogP contribution is -2.44. The number of aryl methyl sites for hydroxylation is 2. The second kappa shape index (κ2) is 5.74. The molecular weight excluding hydrogens is 226 g/mol. The Kier molecular flexibility index (Phi) is 4.79. The van der Waals surface area contributed by atoms with Crippen molar-refractivity contribution in [2.24, 2.45) is 13.0 Å². The highest BCUT2D eigenvalue weighted by Crippen LogP contribution is 2.16. The molecule has 0 saturated heterocycles. The maximum absolute atomic E-state index is 6.06. The third-order valence-electron chi connectivity index (χ3n) is 2.81. The van der Waals surface area contributed by atoms with Gasteiger partial charge in [-0.15, -0.1) is 0 Å². The summed E-state index contributed by atoms with van der Waals surface area (Å²) >= 11 is 0. The van der Waals surface area contributed by atoms with Gasteiger partial charge in [0.1, 0.15) is 6.10 Å². The van der Waals surface area contributed by atoms with Gasteiger partial charge in [-0.25, -0.2) is 4.68 Å². The van der Waals surface area contributed by atoms with Crippen LogP contribution >= 0.6 is 0 Å². The SMILES string of the molecule is Cc1cc(OC(CNC(C)(C)C)C(C)C)n(C)n1. The molecule has 0 aliphatic carbocycles. The molecule has 4 heteroatoms. The van der Waals surface area contributed by atoms with Crippen molar-refractivity contribution in [3.05, 3.63) is 11.8 Å². The smallest absolute Gasteiger partial charge is 0.212 e. The molecule has 0 amide bonds. The second-order valence-electron chi connectivity index (χ2n) is 6.28. The molecule has 1 atom stereocenters. The van der Waals surface area contributed by atoms with Crippen LogP contribution in [0.2, 0.25) is 0 Å². The van der Waals surface area contributed by atoms with Gasteiger partial charge in [-0.2, -0.15) is 5.10 Å². The highest BCUT2D eigenvalue weighted by atomic mass is 16.5. The van der Waals surface area contributed by atoms with Crippen LogP contribution in [0.4, 0.5) is 0 Å². The van der Waals surface area contributed by atoms with Gasteiger partial charge < -0.3 is 10.1 Å². The van der Waals surface area contributed by atoms with Crippen molar-refractivity contribution >= 4 is 0 Å². The van der Waals surface area contributed by atoms with E-state index in [1.54, 1.807) is 4.68 Å². The number of nitrogens with one attached hydrogen (secondary N) is 1. The molecule has 0 aromatic carbocycles. The number of nitrogens with zero attached hydrogens (tertiary/aromatic N) is 2. The zero-order valence-electron chi connectivity index (χ0n) is 12.7. The zero-order chi connectivity index (χ0) is 13.9. The van der Waals surface area contributed by atoms with Crippen molar-refractivity contribution in [3.63, 3.8) is 0 Å². The minimum Gasteiger partial charge on any atom is -0.473 e. The summed E-state index contributed by atoms with van der Waals surface area (Å²) < 4.78 is 7.85. The summed E-state index contributed by atoms with van der Waals surface area (Å²) in [5.41, 5.74) is 1.09. The van der Waals surface area contributed by atoms with Crippen molar-refractivity contribution in [1.82, 2.24) is 15.1 Å². The fourth-order valence-electron chi connectivity index (χ4n) is 1.67. The average molecular weight is 253 g/mol. The summed E-state index contributed by atoms with van der Waals surface area (Å²) in [6.07, 6.45) is 0.152. The van der Waals surface area contributed by atoms with Crippen LogP contribution in [0.1, 0.15) is 40.3 Å². The first kappa shape index (κ1) is 15.0. The van der Waals surface area contributed by atoms with Crippen LogP contribution < -0.4 is 10.1 Å². The van der Waals surface area contributed by atoms with Crippen LogP contribution in [0, 0.1) is 12.8 Å². The molecule has 1 N–H and O–H groups in total. The van der Waals surface area contributed by atoms with Gasteiger partial charge in [0, 0.05) is 25.2 Å². The van der Waals surface area contributed by atoms with Gasteiger partial charge in [-0.3, -0.25) is 0 Å². The van der Waals surface area contributed by atoms with Crippen molar-refractivity contribution in [3.8, 4) is 5.88 Å². The summed E-state index contributed by atoms with van der Waals surface area (Å²) in [4.78, 5) is 0. The molecule has 1 rings (SSSR count). The fourth-order valence-corrected chi connectivity index (χ4v) is 1.67. The van der Waals surface area contributed by atoms with E-state index in [4.69, 9.17) is 4.74 Å². The van der Waals surface area contributed by atoms with E-state index in [2.05, 4.69) is 45.0 Å². The second-order valence-corrected chi connectivity index (χ2v) is 6.28. The monoisotopic (exact) mass is 253 g/mol. The average Bonchev–Trinajstić information content (AvgIpc) is 2.50. The molecule has 1 aromatic heterocycles. The van der Waals surface area contributed by atoms with E-state index in [-0.39, 0.29) is 11.6 Å². The lowest BCUT2D eigenvalue weighted by atomic mass is 10.0. The molecule has 0 radical (unpaired) electrons. The Labute approximate surface area is 111 Å². The molecule has 104 valence electrons. The fraction of sp³-hybridized carbons (Fsp3) is 0.786. The highest BCUT2D eigenvalue weighted by Gasteiger charge is 2.20. The van der Waals surface area contributed by atoms with E-state index in [0.717, 1.165) is 18.1 Å². The Morgan fingerprint density at radius 1 is 1.39 bits per heavy atom. The van der Waals surface area contributed by atoms with Gasteiger partial charge in [0.15, 0.2) is 0 Å². The topological polar surface area (TPSA) is 39.1 Å². The molecule has 1 heterocycles. The van der Waals surface area contributed by atoms with E-state index in [1.165, 1.54) is 0 Å². The van der Waals surface area contributed by atoms with E-state index >= 15 is 0 Å². The van der Waals surface area contributed by atoms with Gasteiger partial charge in [-0.05, 0) is 33.6 Å². The minimum absolute atomic E-state index is 0.110. The van der Waals surface area contributed by atoms with Gasteiger partial charge in [0.05, 0.1) is 5.69 Å². The molecule has 4 nitrogen and oxygen atoms in total. The lowest BCUT2D eigenvalue weighted by Gasteiger charge is -2.28. The molecule has 0 bridgehead atoms. The largest absolute Gasteiger partial charge is 0.473 e. The predicted octanol–water partition coefficient (Wildman–Crippen LogP) is 2.52. The number of ether oxygens (including phenoxy) is 1. The first-order chi connectivity index (χ1) is 8.19. The van der Waals surface area contributed by atoms with Crippen molar-refractivity contribution in [2.75, 3.05) is 6.54 Å². The number of aromatic nitrogens is 2. The van der Waals surface area contributed by atoms with Crippen LogP contribution in [-0.4, -0.2) is 28.0 Å². The maximum atomic E-state index is 6.06. The minimum atomic E-state index is 0.110. The summed E-state index contributed by atoms with van der Waals surface area (Å²) in [6, 6.07) is 1.98. The first-order valence-electron chi connectivity index (χ1n) is 6.61. The van der Waals surface area contributed by atoms with E-state index in [9.17, 15) is 0 Å². The van der Waals surface area contributed by atoms with E-state index in [0.29, 0.717) is 5.92 Å². The Balaban J connectivity index is 2.66. The van der Waals surface area contributed by atoms with Crippen molar-refractivity contribution in [2.45, 2.75) is 53.2 Å². The third kappa shape index (κ3) is 4.69. The normalized spacial score (nSPS) is 14.0. The van der Waals surface area contributed by atoms with Crippen molar-refractivity contribution < 1.29 is 4.74 Å². The van der Waals surface area contributed by atoms with Crippen molar-refractivity contribution in [1.29, 1.82) is 0 Å². The standard InChI is InChI=1S/C14H27N3O/c1-10(2)12(9-15-14(4,5)6)18-13-8-11(3)16-17(13)7/h8,10,12,15H,9H2,1-7H3. The highest BCUT2D eigenvalue weighted by molar-refractivity contribution is 5.14. The molecule has 0 aliphatic rings. The molecule has 18 heavy (non-hydrogen) atoms. The van der Waals surface area contributed by atoms with Gasteiger partial charge in [0.25, 0.3) is 0 Å². The molecule has 1 unspecified atom stereocenters. The number of rotatable bonds is 5. The molecule has 0 aliphatic heterocycles. The first-order valence-corrected chi connectivity index (χ1v) is 6.61. The van der Waals surface area contributed by atoms with Crippen LogP contribution in [0.5, 0.6) is 5.88 Å². The number of hydrogen-bond donors (Lipinski definition) is 1. The Hall–Kier alpha value is -1.03. The summed E-state index contributed by atoms with van der Waals surface area (Å²) in [5.74, 6) is 1.29. The van der Waals surface area contributed by atoms with Crippen LogP contribution in [0.25, 0.3) is 0 Å². The van der Waals surface area contributed by atoms with Gasteiger partial charge in [-0.1, -0.05) is 13.8 Å². The van der Waals surface area contributed by atoms with Gasteiger partial charge in [0.2, 0.25) is 5.88 Å². The van der Waals surface area contributed by atoms with Crippen LogP contribution in [0.15, 0.2) is 6.07 Å². The third-order valence-corrected chi connectivity index (χ3v) is 2.81. The van der Waals surface area contributed by atoms with E-state index in [1.807, 2.05) is 20.0 Å². The van der Waals surface area contributed by atoms with Crippen LogP contribution in [-0.2, 0) is 7.05 Å². The van der Waals surface area contributed by atoms with E-state index < -0.39 is 0 Å². The Morgan fingerprint density at radius 2 is 2.00 bits per heavy atom. The maximum Gasteiger partial charge on any atom is 0.212 e. The predicted molar refractivity (Wildman–Crippen MR) is 75.0 cm³/mol. The van der Waals surface area contributed by atoms with Gasteiger partial charge >= 0.3 is 0 Å². The summed E-state index contributed by atoms with van der Waals surface area (Å²) in [7, 11) is 1.91. The number of hydrogen-bond acceptors (Lipinski definition) is 3. The molecule has 0 fully saturated rings. The zero-order valence-corrected chi connectivity index (χ0v) is 12.7. The van der Waals surface area contributed by atoms with Crippen LogP contribution in [0.3, 0.4) is 0 Å². The molecule has 0 spiro atoms. The molecular formula is C14H27N3O. The summed E-state index contributed by atoms with van der Waals surface area (Å²) in [5, 5.41) is 7.80. The summed E-state index contributed by atoms with van der Waals surface area (Å²) in [6.45, 7) is 13.7. The Morgan fingerprint density at radius 3 is 2.39 bits per heavy atom.